The summed E-state index contributed by atoms with van der Waals surface area (Å²) in [4.78, 5) is 50.9. The van der Waals surface area contributed by atoms with Gasteiger partial charge < -0.3 is 0 Å². The van der Waals surface area contributed by atoms with E-state index >= 15 is 0 Å². The maximum Gasteiger partial charge on any atom is 0.248 e. The highest BCUT2D eigenvalue weighted by atomic mass is 32.1. The van der Waals surface area contributed by atoms with Gasteiger partial charge in [0.15, 0.2) is 10.5 Å². The van der Waals surface area contributed by atoms with Crippen LogP contribution >= 0.6 is 11.3 Å². The van der Waals surface area contributed by atoms with Crippen molar-refractivity contribution in [3.63, 3.8) is 0 Å². The average molecular weight is 385 g/mol. The van der Waals surface area contributed by atoms with E-state index in [2.05, 4.69) is 15.0 Å². The SMILES string of the molecule is CCC(=O)N=c1sc2nc3ccccc3nc2n1N(C(=O)CC)C(=O)CC. The zero-order chi connectivity index (χ0) is 19.6. The number of carbonyl (C=O) groups excluding carboxylic acids is 3. The van der Waals surface area contributed by atoms with Crippen LogP contribution in [0.5, 0.6) is 0 Å². The highest BCUT2D eigenvalue weighted by molar-refractivity contribution is 7.16. The molecule has 0 saturated heterocycles. The molecule has 0 fully saturated rings. The predicted molar refractivity (Wildman–Crippen MR) is 103 cm³/mol. The van der Waals surface area contributed by atoms with Crippen LogP contribution < -0.4 is 9.81 Å². The number of imide groups is 1. The van der Waals surface area contributed by atoms with Crippen LogP contribution in [0.1, 0.15) is 40.0 Å². The molecule has 0 unspecified atom stereocenters. The van der Waals surface area contributed by atoms with E-state index in [0.717, 1.165) is 16.3 Å². The molecule has 0 aliphatic heterocycles. The van der Waals surface area contributed by atoms with Gasteiger partial charge in [-0.25, -0.2) is 9.97 Å². The number of aromatic nitrogens is 3. The zero-order valence-electron chi connectivity index (χ0n) is 15.3. The molecule has 0 aliphatic rings. The van der Waals surface area contributed by atoms with Crippen LogP contribution in [0.4, 0.5) is 0 Å². The van der Waals surface area contributed by atoms with E-state index in [1.807, 2.05) is 18.2 Å². The first-order valence-corrected chi connectivity index (χ1v) is 9.53. The second-order valence-electron chi connectivity index (χ2n) is 5.70. The minimum absolute atomic E-state index is 0.123. The molecule has 3 rings (SSSR count). The Balaban J connectivity index is 2.41. The zero-order valence-corrected chi connectivity index (χ0v) is 16.1. The Morgan fingerprint density at radius 2 is 1.59 bits per heavy atom. The first-order valence-electron chi connectivity index (χ1n) is 8.72. The van der Waals surface area contributed by atoms with Crippen molar-refractivity contribution in [3.8, 4) is 0 Å². The summed E-state index contributed by atoms with van der Waals surface area (Å²) in [7, 11) is 0. The molecule has 9 heteroatoms. The van der Waals surface area contributed by atoms with Crippen molar-refractivity contribution < 1.29 is 14.4 Å². The maximum atomic E-state index is 12.5. The Morgan fingerprint density at radius 3 is 2.15 bits per heavy atom. The molecule has 140 valence electrons. The summed E-state index contributed by atoms with van der Waals surface area (Å²) >= 11 is 1.12. The summed E-state index contributed by atoms with van der Waals surface area (Å²) in [5.74, 6) is -1.16. The van der Waals surface area contributed by atoms with E-state index in [1.165, 1.54) is 4.68 Å². The van der Waals surface area contributed by atoms with Gasteiger partial charge in [-0.05, 0) is 12.1 Å². The molecule has 0 radical (unpaired) electrons. The van der Waals surface area contributed by atoms with Crippen LogP contribution in [-0.2, 0) is 14.4 Å². The van der Waals surface area contributed by atoms with E-state index in [0.29, 0.717) is 21.5 Å². The Kier molecular flexibility index (Phi) is 5.41. The Labute approximate surface area is 159 Å². The highest BCUT2D eigenvalue weighted by Crippen LogP contribution is 2.19. The van der Waals surface area contributed by atoms with Gasteiger partial charge in [-0.1, -0.05) is 44.2 Å². The molecule has 0 saturated carbocycles. The second kappa shape index (κ2) is 7.75. The summed E-state index contributed by atoms with van der Waals surface area (Å²) in [5, 5.41) is 1.02. The smallest absolute Gasteiger partial charge is 0.248 e. The number of nitrogens with zero attached hydrogens (tertiary/aromatic N) is 5. The Hall–Kier alpha value is -2.94. The molecule has 3 aromatic rings. The van der Waals surface area contributed by atoms with Crippen LogP contribution in [0.2, 0.25) is 0 Å². The van der Waals surface area contributed by atoms with Crippen molar-refractivity contribution in [2.45, 2.75) is 40.0 Å². The van der Waals surface area contributed by atoms with Crippen molar-refractivity contribution in [3.05, 3.63) is 29.1 Å². The number of rotatable bonds is 4. The summed E-state index contributed by atoms with van der Waals surface area (Å²) in [5.41, 5.74) is 1.63. The van der Waals surface area contributed by atoms with Crippen LogP contribution in [0, 0.1) is 0 Å². The standard InChI is InChI=1S/C18H19N5O3S/c1-4-13(24)21-18-23(22(14(25)5-2)15(26)6-3)16-17(27-18)20-12-10-8-7-9-11(12)19-16/h7-10H,4-6H2,1-3H3. The quantitative estimate of drug-likeness (QED) is 0.686. The number of fused-ring (bicyclic) bond motifs is 2. The molecule has 2 aromatic heterocycles. The van der Waals surface area contributed by atoms with Gasteiger partial charge in [0.2, 0.25) is 22.5 Å². The summed E-state index contributed by atoms with van der Waals surface area (Å²) in [6.45, 7) is 5.03. The molecular formula is C18H19N5O3S. The van der Waals surface area contributed by atoms with Gasteiger partial charge in [0.1, 0.15) is 0 Å². The highest BCUT2D eigenvalue weighted by Gasteiger charge is 2.26. The third-order valence-electron chi connectivity index (χ3n) is 3.89. The second-order valence-corrected chi connectivity index (χ2v) is 6.66. The summed E-state index contributed by atoms with van der Waals surface area (Å²) < 4.78 is 1.32. The van der Waals surface area contributed by atoms with Crippen molar-refractivity contribution in [2.75, 3.05) is 5.01 Å². The van der Waals surface area contributed by atoms with E-state index < -0.39 is 11.8 Å². The van der Waals surface area contributed by atoms with Gasteiger partial charge in [0.05, 0.1) is 11.0 Å². The van der Waals surface area contributed by atoms with Gasteiger partial charge >= 0.3 is 0 Å². The van der Waals surface area contributed by atoms with Crippen molar-refractivity contribution in [1.82, 2.24) is 14.6 Å². The average Bonchev–Trinajstić information content (AvgIpc) is 3.02. The van der Waals surface area contributed by atoms with E-state index in [4.69, 9.17) is 0 Å². The molecule has 8 nitrogen and oxygen atoms in total. The topological polar surface area (TPSA) is 97.5 Å². The lowest BCUT2D eigenvalue weighted by atomic mass is 10.3. The molecule has 0 atom stereocenters. The summed E-state index contributed by atoms with van der Waals surface area (Å²) in [6.07, 6.45) is 0.455. The first-order chi connectivity index (χ1) is 13.0. The number of hydrogen-bond acceptors (Lipinski definition) is 6. The van der Waals surface area contributed by atoms with Gasteiger partial charge in [-0.3, -0.25) is 14.4 Å². The fraction of sp³-hybridized carbons (Fsp3) is 0.333. The molecular weight excluding hydrogens is 366 g/mol. The van der Waals surface area contributed by atoms with Gasteiger partial charge in [0, 0.05) is 19.3 Å². The molecule has 0 spiro atoms. The monoisotopic (exact) mass is 385 g/mol. The third kappa shape index (κ3) is 3.50. The Bertz CT molecular complexity index is 1100. The molecule has 3 amide bonds. The molecule has 0 aliphatic carbocycles. The molecule has 2 heterocycles. The van der Waals surface area contributed by atoms with Crippen LogP contribution in [0.25, 0.3) is 21.5 Å². The van der Waals surface area contributed by atoms with Gasteiger partial charge in [-0.15, -0.1) is 0 Å². The van der Waals surface area contributed by atoms with Crippen molar-refractivity contribution in [1.29, 1.82) is 0 Å². The first kappa shape index (κ1) is 18.8. The van der Waals surface area contributed by atoms with Crippen LogP contribution in [0.3, 0.4) is 0 Å². The number of benzene rings is 1. The lowest BCUT2D eigenvalue weighted by Crippen LogP contribution is -2.49. The molecule has 1 aromatic carbocycles. The summed E-state index contributed by atoms with van der Waals surface area (Å²) in [6, 6.07) is 7.30. The normalized spacial score (nSPS) is 11.9. The van der Waals surface area contributed by atoms with E-state index in [1.54, 1.807) is 26.8 Å². The fourth-order valence-corrected chi connectivity index (χ4v) is 3.44. The lowest BCUT2D eigenvalue weighted by molar-refractivity contribution is -0.128. The van der Waals surface area contributed by atoms with Crippen LogP contribution in [0.15, 0.2) is 29.3 Å². The molecule has 0 N–H and O–H groups in total. The minimum atomic E-state index is -0.401. The van der Waals surface area contributed by atoms with Crippen molar-refractivity contribution >= 4 is 50.6 Å². The number of carbonyl (C=O) groups is 3. The van der Waals surface area contributed by atoms with Crippen LogP contribution in [-0.4, -0.2) is 32.4 Å². The number of para-hydroxylation sites is 2. The Morgan fingerprint density at radius 1 is 1.00 bits per heavy atom. The van der Waals surface area contributed by atoms with Gasteiger partial charge in [-0.2, -0.15) is 14.7 Å². The number of amides is 3. The van der Waals surface area contributed by atoms with E-state index in [9.17, 15) is 14.4 Å². The van der Waals surface area contributed by atoms with Crippen molar-refractivity contribution in [2.24, 2.45) is 4.99 Å². The molecule has 27 heavy (non-hydrogen) atoms. The number of hydrogen-bond donors (Lipinski definition) is 0. The maximum absolute atomic E-state index is 12.5. The predicted octanol–water partition coefficient (Wildman–Crippen LogP) is 2.29. The third-order valence-corrected chi connectivity index (χ3v) is 4.81. The largest absolute Gasteiger partial charge is 0.273 e. The molecule has 0 bridgehead atoms. The van der Waals surface area contributed by atoms with Gasteiger partial charge in [0.25, 0.3) is 0 Å². The fourth-order valence-electron chi connectivity index (χ4n) is 2.50. The lowest BCUT2D eigenvalue weighted by Gasteiger charge is -2.20. The minimum Gasteiger partial charge on any atom is -0.273 e. The van der Waals surface area contributed by atoms with E-state index in [-0.39, 0.29) is 30.0 Å². The number of thiazole rings is 1.